The lowest BCUT2D eigenvalue weighted by atomic mass is 10.2. The summed E-state index contributed by atoms with van der Waals surface area (Å²) in [7, 11) is 0.942. The molecule has 0 saturated carbocycles. The maximum atomic E-state index is 14.1. The normalized spacial score (nSPS) is 12.1. The molecule has 6 rings (SSSR count). The number of aryl methyl sites for hydroxylation is 2. The lowest BCUT2D eigenvalue weighted by Crippen LogP contribution is -2.19. The van der Waals surface area contributed by atoms with Crippen LogP contribution in [0.25, 0.3) is 45.0 Å². The zero-order valence-corrected chi connectivity index (χ0v) is 21.7. The van der Waals surface area contributed by atoms with E-state index in [0.29, 0.717) is 39.4 Å². The topological polar surface area (TPSA) is 109 Å². The number of halogens is 2. The molecule has 0 amide bonds. The first-order valence-electron chi connectivity index (χ1n) is 11.7. The monoisotopic (exact) mass is 549 g/mol. The van der Waals surface area contributed by atoms with Gasteiger partial charge in [0.05, 0.1) is 45.2 Å². The van der Waals surface area contributed by atoms with Crippen LogP contribution in [0.15, 0.2) is 76.8 Å². The van der Waals surface area contributed by atoms with Crippen molar-refractivity contribution in [2.24, 2.45) is 14.1 Å². The molecule has 0 saturated heterocycles. The second-order valence-electron chi connectivity index (χ2n) is 8.95. The average molecular weight is 550 g/mol. The molecule has 0 radical (unpaired) electrons. The van der Waals surface area contributed by atoms with Crippen molar-refractivity contribution in [3.8, 4) is 22.9 Å². The third kappa shape index (κ3) is 3.77. The van der Waals surface area contributed by atoms with Crippen molar-refractivity contribution in [2.75, 3.05) is 7.05 Å². The van der Waals surface area contributed by atoms with Crippen molar-refractivity contribution in [2.45, 2.75) is 4.90 Å². The third-order valence-corrected chi connectivity index (χ3v) is 8.18. The predicted molar refractivity (Wildman–Crippen MR) is 142 cm³/mol. The molecule has 13 heteroatoms. The Morgan fingerprint density at radius 1 is 0.846 bits per heavy atom. The van der Waals surface area contributed by atoms with Crippen LogP contribution in [0.2, 0.25) is 0 Å². The number of hydrogen-bond donors (Lipinski definition) is 1. The zero-order chi connectivity index (χ0) is 27.6. The van der Waals surface area contributed by atoms with Gasteiger partial charge in [-0.3, -0.25) is 18.3 Å². The van der Waals surface area contributed by atoms with E-state index >= 15 is 0 Å². The number of nitrogens with zero attached hydrogens (tertiary/aromatic N) is 6. The van der Waals surface area contributed by atoms with Crippen LogP contribution in [0.5, 0.6) is 0 Å². The lowest BCUT2D eigenvalue weighted by Gasteiger charge is -2.13. The van der Waals surface area contributed by atoms with Gasteiger partial charge < -0.3 is 0 Å². The fraction of sp³-hybridized carbons (Fsp3) is 0.115. The first-order chi connectivity index (χ1) is 18.6. The van der Waals surface area contributed by atoms with Crippen molar-refractivity contribution in [1.82, 2.24) is 33.0 Å². The van der Waals surface area contributed by atoms with E-state index in [2.05, 4.69) is 9.71 Å². The minimum absolute atomic E-state index is 0.0312. The number of rotatable bonds is 5. The molecule has 0 aliphatic rings. The van der Waals surface area contributed by atoms with Crippen LogP contribution >= 0.6 is 0 Å². The zero-order valence-electron chi connectivity index (χ0n) is 20.9. The molecule has 0 bridgehead atoms. The van der Waals surface area contributed by atoms with Crippen molar-refractivity contribution < 1.29 is 17.2 Å². The first kappa shape index (κ1) is 24.7. The summed E-state index contributed by atoms with van der Waals surface area (Å²) in [5, 5.41) is 0. The van der Waals surface area contributed by atoms with Crippen molar-refractivity contribution in [1.29, 1.82) is 0 Å². The van der Waals surface area contributed by atoms with Gasteiger partial charge in [0.1, 0.15) is 5.69 Å². The highest BCUT2D eigenvalue weighted by atomic mass is 32.2. The van der Waals surface area contributed by atoms with Crippen molar-refractivity contribution in [3.05, 3.63) is 89.2 Å². The van der Waals surface area contributed by atoms with Gasteiger partial charge in [0.15, 0.2) is 17.5 Å². The molecule has 39 heavy (non-hydrogen) atoms. The Hall–Kier alpha value is -4.62. The van der Waals surface area contributed by atoms with Crippen LogP contribution in [-0.4, -0.2) is 43.7 Å². The SMILES string of the molecule is CNS(=O)(=O)c1ccc2c(c1)nc(-c1cncn1-c1ccc(F)c(F)c1)n2-c1ccc2c(c1)n(C)c(=O)n2C. The Labute approximate surface area is 220 Å². The fourth-order valence-corrected chi connectivity index (χ4v) is 5.46. The standard InChI is InChI=1S/C26H21F2N7O3S/c1-29-39(37,38)17-6-9-21-20(12-17)31-25(24-13-30-14-34(24)15-4-7-18(27)19(28)10-15)35(21)16-5-8-22-23(11-16)33(3)26(36)32(22)2/h4-14,29H,1-3H3. The summed E-state index contributed by atoms with van der Waals surface area (Å²) >= 11 is 0. The summed E-state index contributed by atoms with van der Waals surface area (Å²) in [6.07, 6.45) is 2.98. The van der Waals surface area contributed by atoms with Crippen LogP contribution in [0.4, 0.5) is 8.78 Å². The quantitative estimate of drug-likeness (QED) is 0.355. The minimum Gasteiger partial charge on any atom is -0.296 e. The number of fused-ring (bicyclic) bond motifs is 2. The highest BCUT2D eigenvalue weighted by Crippen LogP contribution is 2.32. The number of hydrogen-bond acceptors (Lipinski definition) is 5. The highest BCUT2D eigenvalue weighted by Gasteiger charge is 2.22. The third-order valence-electron chi connectivity index (χ3n) is 6.77. The van der Waals surface area contributed by atoms with Gasteiger partial charge in [-0.15, -0.1) is 0 Å². The molecule has 0 unspecified atom stereocenters. The predicted octanol–water partition coefficient (Wildman–Crippen LogP) is 3.25. The molecule has 0 atom stereocenters. The highest BCUT2D eigenvalue weighted by molar-refractivity contribution is 7.89. The second-order valence-corrected chi connectivity index (χ2v) is 10.8. The van der Waals surface area contributed by atoms with Crippen LogP contribution < -0.4 is 10.4 Å². The Bertz CT molecular complexity index is 2110. The summed E-state index contributed by atoms with van der Waals surface area (Å²) in [6, 6.07) is 13.5. The maximum absolute atomic E-state index is 14.1. The molecule has 3 aromatic heterocycles. The van der Waals surface area contributed by atoms with Gasteiger partial charge in [-0.2, -0.15) is 0 Å². The summed E-state index contributed by atoms with van der Waals surface area (Å²) < 4.78 is 61.5. The molecule has 0 spiro atoms. The molecular weight excluding hydrogens is 528 g/mol. The van der Waals surface area contributed by atoms with E-state index in [4.69, 9.17) is 4.98 Å². The summed E-state index contributed by atoms with van der Waals surface area (Å²) in [6.45, 7) is 0. The molecule has 6 aromatic rings. The second kappa shape index (κ2) is 8.71. The summed E-state index contributed by atoms with van der Waals surface area (Å²) in [5.41, 5.74) is 3.58. The van der Waals surface area contributed by atoms with Gasteiger partial charge in [-0.1, -0.05) is 0 Å². The van der Waals surface area contributed by atoms with Gasteiger partial charge >= 0.3 is 5.69 Å². The molecule has 0 aliphatic heterocycles. The maximum Gasteiger partial charge on any atom is 0.328 e. The van der Waals surface area contributed by atoms with Crippen LogP contribution in [-0.2, 0) is 24.1 Å². The van der Waals surface area contributed by atoms with E-state index in [1.165, 1.54) is 42.3 Å². The smallest absolute Gasteiger partial charge is 0.296 e. The number of nitrogens with one attached hydrogen (secondary N) is 1. The van der Waals surface area contributed by atoms with E-state index in [1.54, 1.807) is 33.9 Å². The number of aromatic nitrogens is 6. The van der Waals surface area contributed by atoms with E-state index in [0.717, 1.165) is 17.6 Å². The van der Waals surface area contributed by atoms with Crippen molar-refractivity contribution >= 4 is 32.1 Å². The molecular formula is C26H21F2N7O3S. The summed E-state index contributed by atoms with van der Waals surface area (Å²) in [4.78, 5) is 21.6. The minimum atomic E-state index is -3.74. The van der Waals surface area contributed by atoms with Gasteiger partial charge in [0, 0.05) is 25.8 Å². The molecule has 198 valence electrons. The molecule has 0 aliphatic carbocycles. The first-order valence-corrected chi connectivity index (χ1v) is 13.2. The van der Waals surface area contributed by atoms with E-state index in [-0.39, 0.29) is 10.6 Å². The van der Waals surface area contributed by atoms with Crippen LogP contribution in [0.1, 0.15) is 0 Å². The molecule has 3 heterocycles. The van der Waals surface area contributed by atoms with Crippen LogP contribution in [0.3, 0.4) is 0 Å². The number of sulfonamides is 1. The number of imidazole rings is 3. The van der Waals surface area contributed by atoms with E-state index in [9.17, 15) is 22.0 Å². The fourth-order valence-electron chi connectivity index (χ4n) is 4.71. The Kier molecular flexibility index (Phi) is 5.52. The van der Waals surface area contributed by atoms with Gasteiger partial charge in [0.2, 0.25) is 10.0 Å². The lowest BCUT2D eigenvalue weighted by molar-refractivity contribution is 0.508. The Morgan fingerprint density at radius 2 is 1.56 bits per heavy atom. The van der Waals surface area contributed by atoms with E-state index < -0.39 is 21.7 Å². The van der Waals surface area contributed by atoms with Gasteiger partial charge in [-0.05, 0) is 55.6 Å². The molecule has 0 fully saturated rings. The molecule has 10 nitrogen and oxygen atoms in total. The van der Waals surface area contributed by atoms with E-state index in [1.807, 2.05) is 18.2 Å². The van der Waals surface area contributed by atoms with Crippen LogP contribution in [0, 0.1) is 11.6 Å². The Balaban J connectivity index is 1.66. The van der Waals surface area contributed by atoms with Gasteiger partial charge in [-0.25, -0.2) is 36.7 Å². The average Bonchev–Trinajstić information content (AvgIpc) is 3.62. The molecule has 1 N–H and O–H groups in total. The molecule has 3 aromatic carbocycles. The Morgan fingerprint density at radius 3 is 2.31 bits per heavy atom. The number of benzene rings is 3. The largest absolute Gasteiger partial charge is 0.328 e. The van der Waals surface area contributed by atoms with Crippen molar-refractivity contribution in [3.63, 3.8) is 0 Å². The summed E-state index contributed by atoms with van der Waals surface area (Å²) in [5.74, 6) is -1.63. The van der Waals surface area contributed by atoms with Gasteiger partial charge in [0.25, 0.3) is 0 Å².